The van der Waals surface area contributed by atoms with Crippen molar-refractivity contribution in [3.05, 3.63) is 59.5 Å². The van der Waals surface area contributed by atoms with E-state index in [4.69, 9.17) is 11.6 Å². The minimum Gasteiger partial charge on any atom is -0.478 e. The smallest absolute Gasteiger partial charge is 0.336 e. The third-order valence-corrected chi connectivity index (χ3v) is 4.04. The highest BCUT2D eigenvalue weighted by Crippen LogP contribution is 2.30. The van der Waals surface area contributed by atoms with Gasteiger partial charge in [-0.15, -0.1) is 0 Å². The molecule has 0 aliphatic rings. The third-order valence-electron chi connectivity index (χ3n) is 2.91. The third kappa shape index (κ3) is 2.99. The van der Waals surface area contributed by atoms with Crippen molar-refractivity contribution in [1.82, 2.24) is 9.97 Å². The molecule has 0 saturated carbocycles. The van der Waals surface area contributed by atoms with E-state index >= 15 is 0 Å². The number of aromatic carboxylic acids is 1. The number of hydrogen-bond donors (Lipinski definition) is 1. The summed E-state index contributed by atoms with van der Waals surface area (Å²) >= 11 is 7.28. The molecular formula is C15H9ClN2O2S. The van der Waals surface area contributed by atoms with Gasteiger partial charge < -0.3 is 5.11 Å². The first-order valence-electron chi connectivity index (χ1n) is 6.05. The van der Waals surface area contributed by atoms with Gasteiger partial charge in [0.25, 0.3) is 0 Å². The molecular weight excluding hydrogens is 308 g/mol. The second-order valence-electron chi connectivity index (χ2n) is 4.27. The van der Waals surface area contributed by atoms with Crippen molar-refractivity contribution in [2.75, 3.05) is 0 Å². The van der Waals surface area contributed by atoms with Gasteiger partial charge in [0.1, 0.15) is 16.5 Å². The number of fused-ring (bicyclic) bond motifs is 1. The summed E-state index contributed by atoms with van der Waals surface area (Å²) in [7, 11) is 0. The predicted molar refractivity (Wildman–Crippen MR) is 82.1 cm³/mol. The molecule has 1 heterocycles. The highest BCUT2D eigenvalue weighted by Gasteiger charge is 2.09. The molecule has 21 heavy (non-hydrogen) atoms. The number of hydrogen-bond acceptors (Lipinski definition) is 4. The molecule has 0 saturated heterocycles. The van der Waals surface area contributed by atoms with Crippen LogP contribution in [0.5, 0.6) is 0 Å². The Morgan fingerprint density at radius 1 is 1.14 bits per heavy atom. The standard InChI is InChI=1S/C15H9ClN2O2S/c16-13-7-14(18-8-17-13)21-10-4-5-11-9(6-10)2-1-3-12(11)15(19)20/h1-8H,(H,19,20). The van der Waals surface area contributed by atoms with Crippen molar-refractivity contribution >= 4 is 40.1 Å². The number of halogens is 1. The Bertz CT molecular complexity index is 839. The molecule has 4 nitrogen and oxygen atoms in total. The van der Waals surface area contributed by atoms with Crippen LogP contribution in [0.1, 0.15) is 10.4 Å². The van der Waals surface area contributed by atoms with E-state index in [-0.39, 0.29) is 0 Å². The van der Waals surface area contributed by atoms with E-state index in [2.05, 4.69) is 9.97 Å². The van der Waals surface area contributed by atoms with Crippen molar-refractivity contribution in [3.8, 4) is 0 Å². The van der Waals surface area contributed by atoms with Crippen molar-refractivity contribution < 1.29 is 9.90 Å². The number of carbonyl (C=O) groups is 1. The van der Waals surface area contributed by atoms with E-state index in [1.54, 1.807) is 18.2 Å². The Balaban J connectivity index is 2.00. The second kappa shape index (κ2) is 5.71. The van der Waals surface area contributed by atoms with Gasteiger partial charge >= 0.3 is 5.97 Å². The van der Waals surface area contributed by atoms with Gasteiger partial charge in [0.05, 0.1) is 5.56 Å². The first-order valence-corrected chi connectivity index (χ1v) is 7.24. The summed E-state index contributed by atoms with van der Waals surface area (Å²) in [5, 5.41) is 11.9. The second-order valence-corrected chi connectivity index (χ2v) is 5.76. The number of nitrogens with zero attached hydrogens (tertiary/aromatic N) is 2. The SMILES string of the molecule is O=C(O)c1cccc2cc(Sc3cc(Cl)ncn3)ccc12. The predicted octanol–water partition coefficient (Wildman–Crippen LogP) is 4.13. The molecule has 0 atom stereocenters. The Morgan fingerprint density at radius 3 is 2.76 bits per heavy atom. The molecule has 0 spiro atoms. The summed E-state index contributed by atoms with van der Waals surface area (Å²) in [5.41, 5.74) is 0.300. The van der Waals surface area contributed by atoms with E-state index in [9.17, 15) is 9.90 Å². The quantitative estimate of drug-likeness (QED) is 0.736. The maximum atomic E-state index is 11.2. The van der Waals surface area contributed by atoms with E-state index < -0.39 is 5.97 Å². The van der Waals surface area contributed by atoms with Gasteiger partial charge in [0.15, 0.2) is 0 Å². The summed E-state index contributed by atoms with van der Waals surface area (Å²) < 4.78 is 0. The average molecular weight is 317 g/mol. The van der Waals surface area contributed by atoms with Crippen LogP contribution in [0.25, 0.3) is 10.8 Å². The van der Waals surface area contributed by atoms with Crippen molar-refractivity contribution in [3.63, 3.8) is 0 Å². The van der Waals surface area contributed by atoms with Crippen LogP contribution in [0.4, 0.5) is 0 Å². The molecule has 3 aromatic rings. The molecule has 0 fully saturated rings. The maximum absolute atomic E-state index is 11.2. The molecule has 2 aromatic carbocycles. The highest BCUT2D eigenvalue weighted by molar-refractivity contribution is 7.99. The van der Waals surface area contributed by atoms with E-state index in [0.29, 0.717) is 10.7 Å². The van der Waals surface area contributed by atoms with Crippen LogP contribution in [0.3, 0.4) is 0 Å². The molecule has 0 aliphatic carbocycles. The van der Waals surface area contributed by atoms with Gasteiger partial charge in [-0.1, -0.05) is 41.6 Å². The summed E-state index contributed by atoms with van der Waals surface area (Å²) in [6.07, 6.45) is 1.41. The number of carboxylic acids is 1. The minimum absolute atomic E-state index is 0.300. The lowest BCUT2D eigenvalue weighted by Crippen LogP contribution is -1.96. The molecule has 0 unspecified atom stereocenters. The van der Waals surface area contributed by atoms with Crippen molar-refractivity contribution in [1.29, 1.82) is 0 Å². The zero-order chi connectivity index (χ0) is 14.8. The fourth-order valence-corrected chi connectivity index (χ4v) is 3.05. The normalized spacial score (nSPS) is 10.7. The summed E-state index contributed by atoms with van der Waals surface area (Å²) in [6.45, 7) is 0. The number of carboxylic acid groups (broad SMARTS) is 1. The molecule has 1 N–H and O–H groups in total. The first kappa shape index (κ1) is 13.9. The Morgan fingerprint density at radius 2 is 2.00 bits per heavy atom. The molecule has 0 radical (unpaired) electrons. The van der Waals surface area contributed by atoms with Gasteiger partial charge in [-0.05, 0) is 29.0 Å². The molecule has 3 rings (SSSR count). The van der Waals surface area contributed by atoms with Gasteiger partial charge in [-0.2, -0.15) is 0 Å². The van der Waals surface area contributed by atoms with Gasteiger partial charge in [0, 0.05) is 11.0 Å². The molecule has 1 aromatic heterocycles. The Hall–Kier alpha value is -2.11. The average Bonchev–Trinajstić information content (AvgIpc) is 2.46. The zero-order valence-corrected chi connectivity index (χ0v) is 12.2. The zero-order valence-electron chi connectivity index (χ0n) is 10.7. The van der Waals surface area contributed by atoms with Crippen LogP contribution in [0.2, 0.25) is 5.15 Å². The lowest BCUT2D eigenvalue weighted by molar-refractivity contribution is 0.0699. The van der Waals surface area contributed by atoms with Gasteiger partial charge in [0.2, 0.25) is 0 Å². The van der Waals surface area contributed by atoms with Crippen LogP contribution in [0, 0.1) is 0 Å². The summed E-state index contributed by atoms with van der Waals surface area (Å²) in [5.74, 6) is -0.927. The summed E-state index contributed by atoms with van der Waals surface area (Å²) in [6, 6.07) is 12.5. The van der Waals surface area contributed by atoms with E-state index in [1.807, 2.05) is 24.3 Å². The molecule has 104 valence electrons. The largest absolute Gasteiger partial charge is 0.478 e. The van der Waals surface area contributed by atoms with Gasteiger partial charge in [-0.3, -0.25) is 0 Å². The van der Waals surface area contributed by atoms with Crippen molar-refractivity contribution in [2.45, 2.75) is 9.92 Å². The number of rotatable bonds is 3. The Labute approximate surface area is 129 Å². The molecule has 6 heteroatoms. The molecule has 0 bridgehead atoms. The van der Waals surface area contributed by atoms with Crippen LogP contribution in [-0.4, -0.2) is 21.0 Å². The van der Waals surface area contributed by atoms with Crippen molar-refractivity contribution in [2.24, 2.45) is 0 Å². The first-order chi connectivity index (χ1) is 10.1. The lowest BCUT2D eigenvalue weighted by atomic mass is 10.1. The fraction of sp³-hybridized carbons (Fsp3) is 0. The molecule has 0 aliphatic heterocycles. The lowest BCUT2D eigenvalue weighted by Gasteiger charge is -2.05. The monoisotopic (exact) mass is 316 g/mol. The van der Waals surface area contributed by atoms with E-state index in [1.165, 1.54) is 18.1 Å². The van der Waals surface area contributed by atoms with Crippen LogP contribution < -0.4 is 0 Å². The maximum Gasteiger partial charge on any atom is 0.336 e. The Kier molecular flexibility index (Phi) is 3.77. The minimum atomic E-state index is -0.927. The molecule has 0 amide bonds. The van der Waals surface area contributed by atoms with Crippen LogP contribution in [-0.2, 0) is 0 Å². The number of benzene rings is 2. The van der Waals surface area contributed by atoms with Crippen LogP contribution >= 0.6 is 23.4 Å². The van der Waals surface area contributed by atoms with Crippen LogP contribution in [0.15, 0.2) is 58.7 Å². The van der Waals surface area contributed by atoms with Gasteiger partial charge in [-0.25, -0.2) is 14.8 Å². The number of aromatic nitrogens is 2. The van der Waals surface area contributed by atoms with E-state index in [0.717, 1.165) is 20.7 Å². The fourth-order valence-electron chi connectivity index (χ4n) is 2.01. The highest BCUT2D eigenvalue weighted by atomic mass is 35.5. The summed E-state index contributed by atoms with van der Waals surface area (Å²) in [4.78, 5) is 20.1. The topological polar surface area (TPSA) is 63.1 Å².